The molecular formula is C19H21FN4OS2. The fourth-order valence-corrected chi connectivity index (χ4v) is 3.98. The van der Waals surface area contributed by atoms with Crippen molar-refractivity contribution in [2.45, 2.75) is 23.8 Å². The quantitative estimate of drug-likeness (QED) is 0.547. The molecule has 2 heterocycles. The molecule has 0 aliphatic carbocycles. The van der Waals surface area contributed by atoms with Gasteiger partial charge in [0.2, 0.25) is 5.91 Å². The maximum Gasteiger partial charge on any atom is 0.221 e. The number of hydrogen-bond donors (Lipinski definition) is 1. The lowest BCUT2D eigenvalue weighted by atomic mass is 10.2. The average Bonchev–Trinajstić information content (AvgIpc) is 3.11. The van der Waals surface area contributed by atoms with Gasteiger partial charge in [-0.25, -0.2) is 4.39 Å². The molecule has 0 aliphatic heterocycles. The smallest absolute Gasteiger partial charge is 0.221 e. The standard InChI is InChI=1S/C19H21FN4OS2/c1-26-12-9-16(19-23-22-17-4-2-3-11-24(17)19)21-18(25)10-13-27-15-7-5-14(20)6-8-15/h2-8,11,16H,9-10,12-13H2,1H3,(H,21,25). The summed E-state index contributed by atoms with van der Waals surface area (Å²) in [5, 5.41) is 11.6. The largest absolute Gasteiger partial charge is 0.346 e. The Balaban J connectivity index is 1.60. The Morgan fingerprint density at radius 2 is 2.00 bits per heavy atom. The molecule has 1 atom stereocenters. The fourth-order valence-electron chi connectivity index (χ4n) is 2.66. The summed E-state index contributed by atoms with van der Waals surface area (Å²) >= 11 is 3.27. The number of amides is 1. The zero-order valence-corrected chi connectivity index (χ0v) is 16.6. The summed E-state index contributed by atoms with van der Waals surface area (Å²) in [7, 11) is 0. The van der Waals surface area contributed by atoms with Crippen molar-refractivity contribution in [3.05, 3.63) is 60.3 Å². The van der Waals surface area contributed by atoms with Gasteiger partial charge >= 0.3 is 0 Å². The van der Waals surface area contributed by atoms with Crippen molar-refractivity contribution in [1.82, 2.24) is 19.9 Å². The second kappa shape index (κ2) is 9.75. The number of carbonyl (C=O) groups excluding carboxylic acids is 1. The van der Waals surface area contributed by atoms with E-state index in [0.29, 0.717) is 12.2 Å². The van der Waals surface area contributed by atoms with E-state index >= 15 is 0 Å². The first-order chi connectivity index (χ1) is 13.2. The lowest BCUT2D eigenvalue weighted by Gasteiger charge is -2.17. The SMILES string of the molecule is CSCCC(NC(=O)CCSc1ccc(F)cc1)c1nnc2ccccn12. The van der Waals surface area contributed by atoms with Crippen molar-refractivity contribution in [2.75, 3.05) is 17.8 Å². The van der Waals surface area contributed by atoms with Crippen LogP contribution in [0.2, 0.25) is 0 Å². The maximum absolute atomic E-state index is 12.9. The van der Waals surface area contributed by atoms with E-state index in [1.165, 1.54) is 23.9 Å². The Bertz CT molecular complexity index is 885. The van der Waals surface area contributed by atoms with Crippen molar-refractivity contribution in [2.24, 2.45) is 0 Å². The van der Waals surface area contributed by atoms with Crippen molar-refractivity contribution in [3.63, 3.8) is 0 Å². The molecule has 0 saturated carbocycles. The van der Waals surface area contributed by atoms with E-state index in [9.17, 15) is 9.18 Å². The van der Waals surface area contributed by atoms with Crippen LogP contribution in [-0.2, 0) is 4.79 Å². The molecule has 3 rings (SSSR count). The Kier molecular flexibility index (Phi) is 7.11. The monoisotopic (exact) mass is 404 g/mol. The van der Waals surface area contributed by atoms with Crippen molar-refractivity contribution in [1.29, 1.82) is 0 Å². The lowest BCUT2D eigenvalue weighted by molar-refractivity contribution is -0.121. The number of nitrogens with zero attached hydrogens (tertiary/aromatic N) is 3. The van der Waals surface area contributed by atoms with Crippen molar-refractivity contribution in [3.8, 4) is 0 Å². The van der Waals surface area contributed by atoms with Gasteiger partial charge in [-0.1, -0.05) is 6.07 Å². The van der Waals surface area contributed by atoms with E-state index < -0.39 is 0 Å². The number of nitrogens with one attached hydrogen (secondary N) is 1. The first kappa shape index (κ1) is 19.7. The Morgan fingerprint density at radius 1 is 1.19 bits per heavy atom. The highest BCUT2D eigenvalue weighted by Gasteiger charge is 2.20. The number of pyridine rings is 1. The molecule has 3 aromatic rings. The van der Waals surface area contributed by atoms with Crippen LogP contribution in [0.15, 0.2) is 53.6 Å². The number of halogens is 1. The molecular weight excluding hydrogens is 383 g/mol. The van der Waals surface area contributed by atoms with E-state index in [0.717, 1.165) is 28.5 Å². The van der Waals surface area contributed by atoms with Gasteiger partial charge in [0.1, 0.15) is 5.82 Å². The molecule has 1 N–H and O–H groups in total. The van der Waals surface area contributed by atoms with Crippen LogP contribution < -0.4 is 5.32 Å². The molecule has 27 heavy (non-hydrogen) atoms. The summed E-state index contributed by atoms with van der Waals surface area (Å²) in [6, 6.07) is 11.8. The van der Waals surface area contributed by atoms with Gasteiger partial charge in [0.15, 0.2) is 11.5 Å². The van der Waals surface area contributed by atoms with E-state index in [-0.39, 0.29) is 17.8 Å². The third-order valence-electron chi connectivity index (χ3n) is 4.01. The molecule has 0 spiro atoms. The Morgan fingerprint density at radius 3 is 2.78 bits per heavy atom. The summed E-state index contributed by atoms with van der Waals surface area (Å²) in [5.74, 6) is 2.02. The molecule has 5 nitrogen and oxygen atoms in total. The second-order valence-electron chi connectivity index (χ2n) is 5.94. The van der Waals surface area contributed by atoms with Gasteiger partial charge in [0.05, 0.1) is 6.04 Å². The molecule has 0 bridgehead atoms. The summed E-state index contributed by atoms with van der Waals surface area (Å²) in [4.78, 5) is 13.4. The minimum absolute atomic E-state index is 0.0246. The van der Waals surface area contributed by atoms with Crippen LogP contribution in [0.1, 0.15) is 24.7 Å². The number of rotatable bonds is 9. The molecule has 0 saturated heterocycles. The summed E-state index contributed by atoms with van der Waals surface area (Å²) < 4.78 is 14.9. The number of aromatic nitrogens is 3. The van der Waals surface area contributed by atoms with Crippen LogP contribution in [0.4, 0.5) is 4.39 Å². The average molecular weight is 405 g/mol. The van der Waals surface area contributed by atoms with Crippen LogP contribution in [0.3, 0.4) is 0 Å². The number of thioether (sulfide) groups is 2. The van der Waals surface area contributed by atoms with Gasteiger partial charge < -0.3 is 5.32 Å². The van der Waals surface area contributed by atoms with Gasteiger partial charge in [0.25, 0.3) is 0 Å². The second-order valence-corrected chi connectivity index (χ2v) is 8.09. The van der Waals surface area contributed by atoms with Gasteiger partial charge in [0, 0.05) is 23.3 Å². The molecule has 0 fully saturated rings. The van der Waals surface area contributed by atoms with Gasteiger partial charge in [-0.05, 0) is 54.8 Å². The summed E-state index contributed by atoms with van der Waals surface area (Å²) in [6.45, 7) is 0. The summed E-state index contributed by atoms with van der Waals surface area (Å²) in [5.41, 5.74) is 0.766. The van der Waals surface area contributed by atoms with E-state index in [2.05, 4.69) is 15.5 Å². The van der Waals surface area contributed by atoms with E-state index in [1.807, 2.05) is 35.1 Å². The van der Waals surface area contributed by atoms with E-state index in [1.54, 1.807) is 23.9 Å². The lowest BCUT2D eigenvalue weighted by Crippen LogP contribution is -2.30. The molecule has 1 unspecified atom stereocenters. The first-order valence-corrected chi connectivity index (χ1v) is 11.0. The van der Waals surface area contributed by atoms with Crippen molar-refractivity contribution >= 4 is 35.1 Å². The Labute approximate surface area is 166 Å². The minimum atomic E-state index is -0.255. The van der Waals surface area contributed by atoms with Gasteiger partial charge in [-0.15, -0.1) is 22.0 Å². The zero-order chi connectivity index (χ0) is 19.1. The number of fused-ring (bicyclic) bond motifs is 1. The predicted molar refractivity (Wildman–Crippen MR) is 109 cm³/mol. The topological polar surface area (TPSA) is 59.3 Å². The minimum Gasteiger partial charge on any atom is -0.346 e. The van der Waals surface area contributed by atoms with Gasteiger partial charge in [-0.2, -0.15) is 11.8 Å². The predicted octanol–water partition coefficient (Wildman–Crippen LogP) is 3.96. The highest BCUT2D eigenvalue weighted by Crippen LogP contribution is 2.21. The van der Waals surface area contributed by atoms with Crippen LogP contribution in [-0.4, -0.2) is 38.3 Å². The fraction of sp³-hybridized carbons (Fsp3) is 0.316. The molecule has 1 aromatic carbocycles. The van der Waals surface area contributed by atoms with Crippen molar-refractivity contribution < 1.29 is 9.18 Å². The highest BCUT2D eigenvalue weighted by molar-refractivity contribution is 7.99. The molecule has 0 radical (unpaired) electrons. The summed E-state index contributed by atoms with van der Waals surface area (Å²) in [6.07, 6.45) is 5.12. The van der Waals surface area contributed by atoms with Crippen LogP contribution >= 0.6 is 23.5 Å². The third-order valence-corrected chi connectivity index (χ3v) is 5.67. The number of benzene rings is 1. The Hall–Kier alpha value is -2.06. The molecule has 1 amide bonds. The highest BCUT2D eigenvalue weighted by atomic mass is 32.2. The molecule has 142 valence electrons. The number of hydrogen-bond acceptors (Lipinski definition) is 5. The van der Waals surface area contributed by atoms with Gasteiger partial charge in [-0.3, -0.25) is 9.20 Å². The van der Waals surface area contributed by atoms with Crippen LogP contribution in [0.25, 0.3) is 5.65 Å². The maximum atomic E-state index is 12.9. The molecule has 8 heteroatoms. The zero-order valence-electron chi connectivity index (χ0n) is 15.0. The first-order valence-electron chi connectivity index (χ1n) is 8.63. The van der Waals surface area contributed by atoms with Crippen LogP contribution in [0, 0.1) is 5.82 Å². The molecule has 0 aliphatic rings. The number of carbonyl (C=O) groups is 1. The molecule has 2 aromatic heterocycles. The van der Waals surface area contributed by atoms with Crippen LogP contribution in [0.5, 0.6) is 0 Å². The third kappa shape index (κ3) is 5.46. The normalized spacial score (nSPS) is 12.2. The van der Waals surface area contributed by atoms with E-state index in [4.69, 9.17) is 0 Å².